The van der Waals surface area contributed by atoms with E-state index in [1.165, 1.54) is 22.7 Å². The van der Waals surface area contributed by atoms with Crippen LogP contribution in [0.1, 0.15) is 22.5 Å². The van der Waals surface area contributed by atoms with Gasteiger partial charge in [0.2, 0.25) is 11.0 Å². The van der Waals surface area contributed by atoms with Crippen LogP contribution in [0.2, 0.25) is 0 Å². The first-order chi connectivity index (χ1) is 13.7. The number of rotatable bonds is 5. The van der Waals surface area contributed by atoms with Gasteiger partial charge in [0.15, 0.2) is 0 Å². The zero-order chi connectivity index (χ0) is 19.5. The molecule has 1 saturated heterocycles. The van der Waals surface area contributed by atoms with E-state index in [9.17, 15) is 9.59 Å². The number of nitrogens with zero attached hydrogens (tertiary/aromatic N) is 3. The van der Waals surface area contributed by atoms with Gasteiger partial charge >= 0.3 is 0 Å². The van der Waals surface area contributed by atoms with Gasteiger partial charge in [0.05, 0.1) is 12.0 Å². The molecule has 0 aliphatic carbocycles. The van der Waals surface area contributed by atoms with Crippen molar-refractivity contribution in [1.29, 1.82) is 0 Å². The van der Waals surface area contributed by atoms with Crippen molar-refractivity contribution in [3.63, 3.8) is 0 Å². The Morgan fingerprint density at radius 2 is 2.14 bits per heavy atom. The molecular formula is C19H18N4O3S2. The fraction of sp³-hybridized carbons (Fsp3) is 0.263. The summed E-state index contributed by atoms with van der Waals surface area (Å²) in [6.07, 6.45) is 1.45. The molecule has 0 spiro atoms. The Balaban J connectivity index is 1.46. The van der Waals surface area contributed by atoms with Crippen LogP contribution in [-0.4, -0.2) is 46.6 Å². The minimum Gasteiger partial charge on any atom is -0.497 e. The fourth-order valence-corrected chi connectivity index (χ4v) is 4.58. The molecule has 2 aromatic heterocycles. The molecule has 1 aliphatic rings. The van der Waals surface area contributed by atoms with E-state index in [1.807, 2.05) is 35.7 Å². The minimum absolute atomic E-state index is 0.0954. The van der Waals surface area contributed by atoms with E-state index in [0.717, 1.165) is 17.7 Å². The van der Waals surface area contributed by atoms with Crippen LogP contribution in [0.5, 0.6) is 5.75 Å². The van der Waals surface area contributed by atoms with Crippen molar-refractivity contribution in [2.45, 2.75) is 18.9 Å². The number of hydrogen-bond acceptors (Lipinski definition) is 7. The molecule has 3 aromatic rings. The monoisotopic (exact) mass is 414 g/mol. The van der Waals surface area contributed by atoms with E-state index >= 15 is 0 Å². The van der Waals surface area contributed by atoms with Gasteiger partial charge in [-0.1, -0.05) is 29.5 Å². The highest BCUT2D eigenvalue weighted by atomic mass is 32.1. The molecule has 7 nitrogen and oxygen atoms in total. The van der Waals surface area contributed by atoms with Crippen molar-refractivity contribution < 1.29 is 14.3 Å². The Labute approximate surface area is 170 Å². The Morgan fingerprint density at radius 3 is 2.93 bits per heavy atom. The quantitative estimate of drug-likeness (QED) is 0.691. The minimum atomic E-state index is -0.487. The number of carbonyl (C=O) groups excluding carboxylic acids is 2. The van der Waals surface area contributed by atoms with Crippen LogP contribution >= 0.6 is 22.7 Å². The number of aromatic nitrogens is 2. The first-order valence-corrected chi connectivity index (χ1v) is 10.5. The fourth-order valence-electron chi connectivity index (χ4n) is 3.16. The summed E-state index contributed by atoms with van der Waals surface area (Å²) in [7, 11) is 1.61. The zero-order valence-corrected chi connectivity index (χ0v) is 16.8. The van der Waals surface area contributed by atoms with Gasteiger partial charge in [-0.3, -0.25) is 14.9 Å². The molecule has 1 atom stereocenters. The molecule has 1 N–H and O–H groups in total. The van der Waals surface area contributed by atoms with Crippen molar-refractivity contribution in [2.24, 2.45) is 0 Å². The van der Waals surface area contributed by atoms with E-state index in [1.54, 1.807) is 18.1 Å². The van der Waals surface area contributed by atoms with Crippen molar-refractivity contribution in [1.82, 2.24) is 15.1 Å². The van der Waals surface area contributed by atoms with Gasteiger partial charge in [0, 0.05) is 12.1 Å². The van der Waals surface area contributed by atoms with Crippen LogP contribution in [0.15, 0.2) is 41.8 Å². The lowest BCUT2D eigenvalue weighted by Gasteiger charge is -2.22. The summed E-state index contributed by atoms with van der Waals surface area (Å²) < 4.78 is 5.23. The predicted molar refractivity (Wildman–Crippen MR) is 109 cm³/mol. The Kier molecular flexibility index (Phi) is 5.36. The summed E-state index contributed by atoms with van der Waals surface area (Å²) >= 11 is 2.67. The van der Waals surface area contributed by atoms with Crippen LogP contribution in [-0.2, 0) is 4.79 Å². The summed E-state index contributed by atoms with van der Waals surface area (Å²) in [6.45, 7) is 0.583. The second kappa shape index (κ2) is 8.07. The normalized spacial score (nSPS) is 16.2. The molecule has 0 radical (unpaired) electrons. The van der Waals surface area contributed by atoms with Gasteiger partial charge in [-0.25, -0.2) is 0 Å². The van der Waals surface area contributed by atoms with E-state index in [4.69, 9.17) is 4.74 Å². The van der Waals surface area contributed by atoms with Crippen LogP contribution in [0.4, 0.5) is 5.13 Å². The highest BCUT2D eigenvalue weighted by Gasteiger charge is 2.35. The summed E-state index contributed by atoms with van der Waals surface area (Å²) in [5.41, 5.74) is 0.868. The maximum atomic E-state index is 12.8. The number of nitrogens with one attached hydrogen (secondary N) is 1. The summed E-state index contributed by atoms with van der Waals surface area (Å²) in [5, 5.41) is 14.0. The summed E-state index contributed by atoms with van der Waals surface area (Å²) in [4.78, 5) is 27.7. The number of amides is 2. The molecule has 2 amide bonds. The molecule has 3 heterocycles. The molecule has 144 valence electrons. The Bertz CT molecular complexity index is 987. The molecule has 1 aliphatic heterocycles. The average Bonchev–Trinajstić information content (AvgIpc) is 3.48. The zero-order valence-electron chi connectivity index (χ0n) is 15.1. The lowest BCUT2D eigenvalue weighted by molar-refractivity contribution is -0.119. The van der Waals surface area contributed by atoms with Gasteiger partial charge in [-0.15, -0.1) is 21.5 Å². The van der Waals surface area contributed by atoms with E-state index in [0.29, 0.717) is 28.0 Å². The van der Waals surface area contributed by atoms with Gasteiger partial charge in [0.1, 0.15) is 16.8 Å². The summed E-state index contributed by atoms with van der Waals surface area (Å²) in [5.74, 6) is 0.407. The van der Waals surface area contributed by atoms with Crippen LogP contribution in [0.3, 0.4) is 0 Å². The van der Waals surface area contributed by atoms with E-state index in [2.05, 4.69) is 15.5 Å². The number of hydrogen-bond donors (Lipinski definition) is 1. The predicted octanol–water partition coefficient (Wildman–Crippen LogP) is 3.52. The SMILES string of the molecule is COc1cccc(-c2nnc(NC(=O)C3CCCN3C(=O)c3cccs3)s2)c1. The highest BCUT2D eigenvalue weighted by molar-refractivity contribution is 7.18. The third-order valence-corrected chi connectivity index (χ3v) is 6.27. The number of anilines is 1. The van der Waals surface area contributed by atoms with Gasteiger partial charge < -0.3 is 9.64 Å². The maximum Gasteiger partial charge on any atom is 0.264 e. The topological polar surface area (TPSA) is 84.4 Å². The van der Waals surface area contributed by atoms with Gasteiger partial charge in [-0.2, -0.15) is 0 Å². The Morgan fingerprint density at radius 1 is 1.25 bits per heavy atom. The second-order valence-electron chi connectivity index (χ2n) is 6.27. The third kappa shape index (κ3) is 3.76. The van der Waals surface area contributed by atoms with Gasteiger partial charge in [-0.05, 0) is 36.4 Å². The molecule has 4 rings (SSSR count). The smallest absolute Gasteiger partial charge is 0.264 e. The molecular weight excluding hydrogens is 396 g/mol. The highest BCUT2D eigenvalue weighted by Crippen LogP contribution is 2.29. The Hall–Kier alpha value is -2.78. The largest absolute Gasteiger partial charge is 0.497 e. The van der Waals surface area contributed by atoms with Crippen molar-refractivity contribution in [3.8, 4) is 16.3 Å². The van der Waals surface area contributed by atoms with Crippen molar-refractivity contribution in [2.75, 3.05) is 19.0 Å². The van der Waals surface area contributed by atoms with Crippen LogP contribution in [0, 0.1) is 0 Å². The molecule has 9 heteroatoms. The van der Waals surface area contributed by atoms with Crippen molar-refractivity contribution >= 4 is 39.6 Å². The van der Waals surface area contributed by atoms with Crippen LogP contribution in [0.25, 0.3) is 10.6 Å². The number of methoxy groups -OCH3 is 1. The maximum absolute atomic E-state index is 12.8. The third-order valence-electron chi connectivity index (χ3n) is 4.52. The van der Waals surface area contributed by atoms with Crippen molar-refractivity contribution in [3.05, 3.63) is 46.7 Å². The van der Waals surface area contributed by atoms with E-state index in [-0.39, 0.29) is 11.8 Å². The molecule has 1 unspecified atom stereocenters. The lowest BCUT2D eigenvalue weighted by atomic mass is 10.2. The second-order valence-corrected chi connectivity index (χ2v) is 8.19. The van der Waals surface area contributed by atoms with Crippen LogP contribution < -0.4 is 10.1 Å². The number of carbonyl (C=O) groups is 2. The molecule has 28 heavy (non-hydrogen) atoms. The molecule has 0 bridgehead atoms. The summed E-state index contributed by atoms with van der Waals surface area (Å²) in [6, 6.07) is 10.6. The standard InChI is InChI=1S/C19H18N4O3S2/c1-26-13-6-2-5-12(11-13)17-21-22-19(28-17)20-16(24)14-7-3-9-23(14)18(25)15-8-4-10-27-15/h2,4-6,8,10-11,14H,3,7,9H2,1H3,(H,20,22,24). The van der Waals surface area contributed by atoms with Gasteiger partial charge in [0.25, 0.3) is 5.91 Å². The molecule has 0 saturated carbocycles. The number of thiophene rings is 1. The molecule has 1 fully saturated rings. The number of likely N-dealkylation sites (tertiary alicyclic amines) is 1. The first kappa shape index (κ1) is 18.6. The first-order valence-electron chi connectivity index (χ1n) is 8.79. The number of benzene rings is 1. The lowest BCUT2D eigenvalue weighted by Crippen LogP contribution is -2.42. The number of ether oxygens (including phenoxy) is 1. The van der Waals surface area contributed by atoms with E-state index < -0.39 is 6.04 Å². The molecule has 1 aromatic carbocycles. The average molecular weight is 415 g/mol.